The lowest BCUT2D eigenvalue weighted by Crippen LogP contribution is -2.36. The third-order valence-corrected chi connectivity index (χ3v) is 11.1. The number of ketones is 1. The first-order valence-electron chi connectivity index (χ1n) is 16.2. The Balaban J connectivity index is 1.44. The van der Waals surface area contributed by atoms with Gasteiger partial charge in [0.2, 0.25) is 0 Å². The standard InChI is InChI=1S/C36H39N5O6/c1-7-18-16(3)21-12-24-19(8-2)35(14-37-35)25(39-24)13-26-36(15-47-36)20(9-10-27(42)45-5)31(41-26)29-30(34(44)46-6)33(43)28-17(4)22(40-32(28)29)11-23(18)38-21/h8,11-13,20,26,30,37-41H,2,7,9-10,14-15H2,1,3-6H3/b21-12-,23-11-,25-13-,31-29?/t20-,26?,30-,35-,36-/m1/s1. The highest BCUT2D eigenvalue weighted by Gasteiger charge is 2.65. The number of hydrogen-bond donors (Lipinski definition) is 5. The van der Waals surface area contributed by atoms with Crippen molar-refractivity contribution in [3.8, 4) is 0 Å². The van der Waals surface area contributed by atoms with Crippen molar-refractivity contribution in [3.63, 3.8) is 0 Å². The Bertz CT molecular complexity index is 2030. The number of aromatic amines is 2. The topological polar surface area (TPSA) is 160 Å². The molecule has 2 aromatic heterocycles. The number of nitrogens with one attached hydrogen (secondary N) is 5. The monoisotopic (exact) mass is 637 g/mol. The smallest absolute Gasteiger partial charge is 0.321 e. The van der Waals surface area contributed by atoms with Gasteiger partial charge in [-0.15, -0.1) is 0 Å². The van der Waals surface area contributed by atoms with Gasteiger partial charge in [-0.2, -0.15) is 0 Å². The average Bonchev–Trinajstić information content (AvgIpc) is 3.89. The molecule has 244 valence electrons. The van der Waals surface area contributed by atoms with Crippen molar-refractivity contribution in [2.24, 2.45) is 11.8 Å². The number of aromatic nitrogens is 2. The van der Waals surface area contributed by atoms with E-state index in [1.54, 1.807) is 0 Å². The van der Waals surface area contributed by atoms with Crippen LogP contribution in [0, 0.1) is 25.7 Å². The molecule has 1 aliphatic carbocycles. The van der Waals surface area contributed by atoms with Gasteiger partial charge in [0.15, 0.2) is 5.78 Å². The second kappa shape index (κ2) is 10.2. The minimum atomic E-state index is -1.15. The summed E-state index contributed by atoms with van der Waals surface area (Å²) in [5.41, 5.74) is 8.13. The number of allylic oxidation sites excluding steroid dienone is 1. The Morgan fingerprint density at radius 2 is 1.89 bits per heavy atom. The van der Waals surface area contributed by atoms with Crippen molar-refractivity contribution < 1.29 is 28.6 Å². The fourth-order valence-electron chi connectivity index (χ4n) is 8.44. The maximum Gasteiger partial charge on any atom is 0.321 e. The summed E-state index contributed by atoms with van der Waals surface area (Å²) in [4.78, 5) is 47.2. The lowest BCUT2D eigenvalue weighted by Gasteiger charge is -2.20. The number of rotatable bonds is 6. The molecule has 3 saturated heterocycles. The first kappa shape index (κ1) is 29.8. The van der Waals surface area contributed by atoms with Gasteiger partial charge < -0.3 is 34.8 Å². The van der Waals surface area contributed by atoms with Gasteiger partial charge in [-0.1, -0.05) is 19.6 Å². The normalized spacial score (nSPS) is 31.9. The van der Waals surface area contributed by atoms with Crippen LogP contribution in [0.1, 0.15) is 58.2 Å². The molecule has 0 amide bonds. The molecule has 1 unspecified atom stereocenters. The highest BCUT2D eigenvalue weighted by Crippen LogP contribution is 2.55. The van der Waals surface area contributed by atoms with E-state index in [9.17, 15) is 14.4 Å². The Hall–Kier alpha value is -4.61. The van der Waals surface area contributed by atoms with Crippen LogP contribution in [0.5, 0.6) is 0 Å². The number of esters is 2. The van der Waals surface area contributed by atoms with Crippen LogP contribution < -0.4 is 26.6 Å². The second-order valence-electron chi connectivity index (χ2n) is 13.3. The zero-order valence-electron chi connectivity index (χ0n) is 27.2. The number of Topliss-reactive ketones (excluding diaryl/α,β-unsaturated/α-hetero) is 1. The fourth-order valence-corrected chi connectivity index (χ4v) is 8.44. The summed E-state index contributed by atoms with van der Waals surface area (Å²) < 4.78 is 16.5. The molecule has 3 fully saturated rings. The van der Waals surface area contributed by atoms with Crippen molar-refractivity contribution in [1.29, 1.82) is 0 Å². The van der Waals surface area contributed by atoms with Gasteiger partial charge >= 0.3 is 11.9 Å². The molecule has 5 atom stereocenters. The predicted octanol–water partition coefficient (Wildman–Crippen LogP) is 1.42. The van der Waals surface area contributed by atoms with E-state index in [0.717, 1.165) is 57.5 Å². The maximum absolute atomic E-state index is 14.2. The highest BCUT2D eigenvalue weighted by molar-refractivity contribution is 6.24. The van der Waals surface area contributed by atoms with Crippen LogP contribution in [0.3, 0.4) is 0 Å². The number of hydrogen-bond acceptors (Lipinski definition) is 9. The van der Waals surface area contributed by atoms with Crippen LogP contribution in [0.4, 0.5) is 0 Å². The van der Waals surface area contributed by atoms with Gasteiger partial charge in [-0.3, -0.25) is 19.7 Å². The van der Waals surface area contributed by atoms with E-state index in [4.69, 9.17) is 14.2 Å². The van der Waals surface area contributed by atoms with E-state index in [0.29, 0.717) is 35.6 Å². The molecule has 5 aliphatic heterocycles. The quantitative estimate of drug-likeness (QED) is 0.179. The van der Waals surface area contributed by atoms with Crippen molar-refractivity contribution in [2.45, 2.75) is 57.2 Å². The molecule has 47 heavy (non-hydrogen) atoms. The van der Waals surface area contributed by atoms with Gasteiger partial charge in [0.25, 0.3) is 0 Å². The van der Waals surface area contributed by atoms with Crippen LogP contribution in [-0.4, -0.2) is 72.2 Å². The van der Waals surface area contributed by atoms with Crippen LogP contribution >= 0.6 is 0 Å². The van der Waals surface area contributed by atoms with Gasteiger partial charge in [-0.05, 0) is 61.6 Å². The first-order chi connectivity index (χ1) is 22.6. The van der Waals surface area contributed by atoms with Crippen molar-refractivity contribution in [2.75, 3.05) is 27.4 Å². The first-order valence-corrected chi connectivity index (χ1v) is 16.2. The van der Waals surface area contributed by atoms with Crippen LogP contribution in [0.15, 0.2) is 41.4 Å². The second-order valence-corrected chi connectivity index (χ2v) is 13.3. The van der Waals surface area contributed by atoms with Crippen LogP contribution in [-0.2, 0) is 30.2 Å². The Morgan fingerprint density at radius 1 is 1.13 bits per heavy atom. The van der Waals surface area contributed by atoms with E-state index in [1.165, 1.54) is 19.8 Å². The molecule has 11 heteroatoms. The number of fused-ring (bicyclic) bond motifs is 9. The van der Waals surface area contributed by atoms with Crippen LogP contribution in [0.2, 0.25) is 0 Å². The van der Waals surface area contributed by atoms with Gasteiger partial charge in [0, 0.05) is 69.1 Å². The van der Waals surface area contributed by atoms with Gasteiger partial charge in [-0.25, -0.2) is 0 Å². The molecule has 5 N–H and O–H groups in total. The number of carbonyl (C=O) groups is 3. The lowest BCUT2D eigenvalue weighted by molar-refractivity contribution is -0.142. The number of ether oxygens (including phenoxy) is 3. The van der Waals surface area contributed by atoms with E-state index < -0.39 is 23.0 Å². The molecule has 0 saturated carbocycles. The summed E-state index contributed by atoms with van der Waals surface area (Å²) in [6.07, 6.45) is 9.65. The Labute approximate surface area is 271 Å². The molecule has 8 rings (SSSR count). The summed E-state index contributed by atoms with van der Waals surface area (Å²) >= 11 is 0. The maximum atomic E-state index is 14.2. The summed E-state index contributed by atoms with van der Waals surface area (Å²) in [5.74, 6) is -2.74. The molecular weight excluding hydrogens is 598 g/mol. The minimum absolute atomic E-state index is 0.152. The molecular formula is C36H39N5O6. The SMILES string of the molecule is C=CC1=C2/C=c3\[nH]/c(c(CC)c3C)=C\c3[nH]c4c(c3C)C(=O)[C@H](C(=O)OC)C4=C3NC(/C=C(\N2)[C@@]12CN2)[C@@]1(CO1)[C@@H]3CCC(=O)OC. The third kappa shape index (κ3) is 4.02. The van der Waals surface area contributed by atoms with E-state index >= 15 is 0 Å². The summed E-state index contributed by atoms with van der Waals surface area (Å²) in [5, 5.41) is 12.9. The summed E-state index contributed by atoms with van der Waals surface area (Å²) in [6, 6.07) is -0.321. The molecule has 6 aliphatic rings. The summed E-state index contributed by atoms with van der Waals surface area (Å²) in [7, 11) is 2.67. The summed E-state index contributed by atoms with van der Waals surface area (Å²) in [6.45, 7) is 11.5. The van der Waals surface area contributed by atoms with E-state index in [1.807, 2.05) is 13.0 Å². The van der Waals surface area contributed by atoms with Gasteiger partial charge in [0.1, 0.15) is 11.5 Å². The zero-order chi connectivity index (χ0) is 33.0. The predicted molar refractivity (Wildman–Crippen MR) is 174 cm³/mol. The average molecular weight is 638 g/mol. The minimum Gasteiger partial charge on any atom is -0.469 e. The molecule has 2 aromatic rings. The molecule has 2 spiro atoms. The molecule has 11 nitrogen and oxygen atoms in total. The fraction of sp³-hybridized carbons (Fsp3) is 0.417. The third-order valence-electron chi connectivity index (χ3n) is 11.1. The lowest BCUT2D eigenvalue weighted by atomic mass is 9.82. The number of methoxy groups -OCH3 is 2. The van der Waals surface area contributed by atoms with E-state index in [-0.39, 0.29) is 30.1 Å². The number of epoxide rings is 1. The van der Waals surface area contributed by atoms with Crippen molar-refractivity contribution in [3.05, 3.63) is 85.7 Å². The highest BCUT2D eigenvalue weighted by atomic mass is 16.6. The molecule has 0 radical (unpaired) electrons. The largest absolute Gasteiger partial charge is 0.469 e. The molecule has 7 heterocycles. The molecule has 8 bridgehead atoms. The van der Waals surface area contributed by atoms with E-state index in [2.05, 4.69) is 64.6 Å². The van der Waals surface area contributed by atoms with Crippen molar-refractivity contribution in [1.82, 2.24) is 25.9 Å². The molecule has 0 aromatic carbocycles. The van der Waals surface area contributed by atoms with Crippen molar-refractivity contribution >= 4 is 35.4 Å². The number of H-pyrrole nitrogens is 2. The van der Waals surface area contributed by atoms with Gasteiger partial charge in [0.05, 0.1) is 38.1 Å². The number of carbonyl (C=O) groups excluding carboxylic acids is 3. The zero-order valence-corrected chi connectivity index (χ0v) is 27.2. The van der Waals surface area contributed by atoms with Crippen LogP contribution in [0.25, 0.3) is 17.7 Å². The Morgan fingerprint density at radius 3 is 2.53 bits per heavy atom. The Kier molecular flexibility index (Phi) is 6.46.